The van der Waals surface area contributed by atoms with Gasteiger partial charge in [0.1, 0.15) is 23.5 Å². The third-order valence-electron chi connectivity index (χ3n) is 2.66. The zero-order valence-electron chi connectivity index (χ0n) is 11.7. The molecule has 0 bridgehead atoms. The van der Waals surface area contributed by atoms with Crippen LogP contribution in [-0.2, 0) is 16.0 Å². The third kappa shape index (κ3) is 4.06. The summed E-state index contributed by atoms with van der Waals surface area (Å²) in [7, 11) is 1.36. The van der Waals surface area contributed by atoms with E-state index in [0.717, 1.165) is 0 Å². The van der Waals surface area contributed by atoms with Gasteiger partial charge in [0.25, 0.3) is 0 Å². The molecule has 0 aliphatic heterocycles. The first-order valence-corrected chi connectivity index (χ1v) is 6.20. The van der Waals surface area contributed by atoms with Crippen LogP contribution >= 0.6 is 0 Å². The Balaban J connectivity index is 2.98. The lowest BCUT2D eigenvalue weighted by atomic mass is 10.0. The molecule has 0 aliphatic carbocycles. The summed E-state index contributed by atoms with van der Waals surface area (Å²) < 4.78 is 4.77. The van der Waals surface area contributed by atoms with Crippen molar-refractivity contribution in [3.63, 3.8) is 0 Å². The number of nitrogens with one attached hydrogen (secondary N) is 2. The van der Waals surface area contributed by atoms with Gasteiger partial charge in [0.05, 0.1) is 7.11 Å². The molecule has 19 heavy (non-hydrogen) atoms. The molecular formula is C12H21N5O2. The van der Waals surface area contributed by atoms with Crippen molar-refractivity contribution in [2.75, 3.05) is 17.9 Å². The summed E-state index contributed by atoms with van der Waals surface area (Å²) in [5.74, 6) is 6.80. The van der Waals surface area contributed by atoms with Crippen molar-refractivity contribution in [1.82, 2.24) is 9.97 Å². The number of anilines is 2. The van der Waals surface area contributed by atoms with Crippen LogP contribution in [0.3, 0.4) is 0 Å². The van der Waals surface area contributed by atoms with Gasteiger partial charge in [-0.2, -0.15) is 0 Å². The Morgan fingerprint density at radius 3 is 2.53 bits per heavy atom. The second-order valence-corrected chi connectivity index (χ2v) is 4.44. The number of hydrogen-bond donors (Lipinski definition) is 3. The van der Waals surface area contributed by atoms with Crippen molar-refractivity contribution in [1.29, 1.82) is 0 Å². The second-order valence-electron chi connectivity index (χ2n) is 4.44. The van der Waals surface area contributed by atoms with Crippen molar-refractivity contribution in [3.8, 4) is 0 Å². The molecule has 0 saturated heterocycles. The molecule has 1 aromatic rings. The van der Waals surface area contributed by atoms with E-state index in [4.69, 9.17) is 10.6 Å². The number of rotatable bonds is 6. The number of carbonyl (C=O) groups is 1. The molecule has 0 fully saturated rings. The number of nitrogens with two attached hydrogens (primary N) is 1. The Morgan fingerprint density at radius 1 is 1.42 bits per heavy atom. The van der Waals surface area contributed by atoms with E-state index in [1.807, 2.05) is 20.8 Å². The third-order valence-corrected chi connectivity index (χ3v) is 2.66. The van der Waals surface area contributed by atoms with Crippen LogP contribution in [0.4, 0.5) is 11.6 Å². The molecule has 106 valence electrons. The van der Waals surface area contributed by atoms with Gasteiger partial charge < -0.3 is 15.5 Å². The summed E-state index contributed by atoms with van der Waals surface area (Å²) in [6, 6.07) is 1.19. The highest BCUT2D eigenvalue weighted by Gasteiger charge is 2.23. The van der Waals surface area contributed by atoms with E-state index in [-0.39, 0.29) is 11.9 Å². The Kier molecular flexibility index (Phi) is 5.50. The van der Waals surface area contributed by atoms with E-state index in [1.54, 1.807) is 6.07 Å². The lowest BCUT2D eigenvalue weighted by Gasteiger charge is -2.20. The molecule has 1 heterocycles. The van der Waals surface area contributed by atoms with Gasteiger partial charge in [-0.15, -0.1) is 0 Å². The van der Waals surface area contributed by atoms with E-state index in [9.17, 15) is 4.79 Å². The van der Waals surface area contributed by atoms with Crippen LogP contribution < -0.4 is 16.6 Å². The van der Waals surface area contributed by atoms with Crippen LogP contribution in [0, 0.1) is 5.92 Å². The molecule has 0 aliphatic rings. The van der Waals surface area contributed by atoms with Gasteiger partial charge in [0.2, 0.25) is 0 Å². The maximum atomic E-state index is 11.7. The van der Waals surface area contributed by atoms with Crippen molar-refractivity contribution in [3.05, 3.63) is 11.9 Å². The van der Waals surface area contributed by atoms with Crippen molar-refractivity contribution < 1.29 is 9.53 Å². The van der Waals surface area contributed by atoms with Gasteiger partial charge in [0.15, 0.2) is 0 Å². The highest BCUT2D eigenvalue weighted by Crippen LogP contribution is 2.15. The van der Waals surface area contributed by atoms with Crippen LogP contribution in [0.1, 0.15) is 26.6 Å². The van der Waals surface area contributed by atoms with E-state index in [2.05, 4.69) is 20.7 Å². The SMILES string of the molecule is CCc1nc(NN)cc(NC(C(=O)OC)C(C)C)n1. The number of aryl methyl sites for hydroxylation is 1. The lowest BCUT2D eigenvalue weighted by Crippen LogP contribution is -2.36. The van der Waals surface area contributed by atoms with Crippen molar-refractivity contribution in [2.24, 2.45) is 11.8 Å². The molecule has 1 atom stereocenters. The molecule has 7 heteroatoms. The fraction of sp³-hybridized carbons (Fsp3) is 0.583. The van der Waals surface area contributed by atoms with Crippen molar-refractivity contribution in [2.45, 2.75) is 33.2 Å². The predicted molar refractivity (Wildman–Crippen MR) is 73.5 cm³/mol. The van der Waals surface area contributed by atoms with Gasteiger partial charge in [-0.25, -0.2) is 20.6 Å². The molecule has 1 rings (SSSR count). The van der Waals surface area contributed by atoms with Crippen LogP contribution in [0.2, 0.25) is 0 Å². The number of hydrazine groups is 1. The predicted octanol–water partition coefficient (Wildman–Crippen LogP) is 0.934. The lowest BCUT2D eigenvalue weighted by molar-refractivity contribution is -0.142. The van der Waals surface area contributed by atoms with E-state index in [1.165, 1.54) is 7.11 Å². The molecule has 0 spiro atoms. The zero-order valence-corrected chi connectivity index (χ0v) is 11.7. The number of ether oxygens (including phenoxy) is 1. The number of carbonyl (C=O) groups excluding carboxylic acids is 1. The first kappa shape index (κ1) is 15.2. The minimum atomic E-state index is -0.463. The second kappa shape index (κ2) is 6.89. The summed E-state index contributed by atoms with van der Waals surface area (Å²) in [5, 5.41) is 3.06. The van der Waals surface area contributed by atoms with E-state index < -0.39 is 6.04 Å². The fourth-order valence-electron chi connectivity index (χ4n) is 1.59. The molecule has 1 unspecified atom stereocenters. The molecule has 7 nitrogen and oxygen atoms in total. The van der Waals surface area contributed by atoms with Gasteiger partial charge in [-0.3, -0.25) is 0 Å². The summed E-state index contributed by atoms with van der Waals surface area (Å²) in [6.45, 7) is 5.80. The Bertz CT molecular complexity index is 414. The number of nitrogen functional groups attached to an aromatic ring is 1. The van der Waals surface area contributed by atoms with Gasteiger partial charge in [-0.1, -0.05) is 20.8 Å². The summed E-state index contributed by atoms with van der Waals surface area (Å²) in [5.41, 5.74) is 2.48. The van der Waals surface area contributed by atoms with E-state index >= 15 is 0 Å². The smallest absolute Gasteiger partial charge is 0.328 e. The van der Waals surface area contributed by atoms with Gasteiger partial charge >= 0.3 is 5.97 Å². The normalized spacial score (nSPS) is 12.1. The number of aromatic nitrogens is 2. The number of esters is 1. The average Bonchev–Trinajstić information content (AvgIpc) is 2.43. The Morgan fingerprint density at radius 2 is 2.05 bits per heavy atom. The molecular weight excluding hydrogens is 246 g/mol. The minimum Gasteiger partial charge on any atom is -0.467 e. The summed E-state index contributed by atoms with van der Waals surface area (Å²) >= 11 is 0. The molecule has 0 amide bonds. The van der Waals surface area contributed by atoms with Crippen LogP contribution in [0.15, 0.2) is 6.07 Å². The van der Waals surface area contributed by atoms with Crippen LogP contribution in [-0.4, -0.2) is 29.1 Å². The number of hydrogen-bond acceptors (Lipinski definition) is 7. The maximum absolute atomic E-state index is 11.7. The highest BCUT2D eigenvalue weighted by molar-refractivity contribution is 5.79. The van der Waals surface area contributed by atoms with Gasteiger partial charge in [-0.05, 0) is 5.92 Å². The molecule has 1 aromatic heterocycles. The summed E-state index contributed by atoms with van der Waals surface area (Å²) in [4.78, 5) is 20.2. The van der Waals surface area contributed by atoms with Crippen LogP contribution in [0.5, 0.6) is 0 Å². The van der Waals surface area contributed by atoms with Crippen LogP contribution in [0.25, 0.3) is 0 Å². The first-order valence-electron chi connectivity index (χ1n) is 6.20. The minimum absolute atomic E-state index is 0.0711. The molecule has 0 radical (unpaired) electrons. The monoisotopic (exact) mass is 267 g/mol. The highest BCUT2D eigenvalue weighted by atomic mass is 16.5. The number of nitrogens with zero attached hydrogens (tertiary/aromatic N) is 2. The van der Waals surface area contributed by atoms with E-state index in [0.29, 0.717) is 23.9 Å². The quantitative estimate of drug-likeness (QED) is 0.400. The van der Waals surface area contributed by atoms with Crippen molar-refractivity contribution >= 4 is 17.6 Å². The summed E-state index contributed by atoms with van der Waals surface area (Å²) in [6.07, 6.45) is 0.675. The largest absolute Gasteiger partial charge is 0.467 e. The van der Waals surface area contributed by atoms with Gasteiger partial charge in [0, 0.05) is 12.5 Å². The number of methoxy groups -OCH3 is 1. The fourth-order valence-corrected chi connectivity index (χ4v) is 1.59. The maximum Gasteiger partial charge on any atom is 0.328 e. The molecule has 4 N–H and O–H groups in total. The first-order chi connectivity index (χ1) is 9.01. The molecule has 0 aromatic carbocycles. The average molecular weight is 267 g/mol. The molecule has 0 saturated carbocycles. The topological polar surface area (TPSA) is 102 Å². The Hall–Kier alpha value is -1.89. The zero-order chi connectivity index (χ0) is 14.4. The standard InChI is InChI=1S/C12H21N5O2/c1-5-8-14-9(6-10(15-8)17-13)16-11(7(2)3)12(18)19-4/h6-7,11H,5,13H2,1-4H3,(H2,14,15,16,17). The Labute approximate surface area is 112 Å².